The van der Waals surface area contributed by atoms with Crippen LogP contribution in [0.3, 0.4) is 0 Å². The lowest BCUT2D eigenvalue weighted by Crippen LogP contribution is -2.22. The Kier molecular flexibility index (Phi) is 7.65. The second kappa shape index (κ2) is 10.8. The standard InChI is InChI=1S/C28H26FN3O7S/c1-28(2,3)39-27(36)32-40(4,37)20-10-12-23-18(13-20)15-24(38-23)25(33)30-22-14-17(7-11-21(22)31-26(34)35)16-5-8-19(29)9-6-16/h5-15,31H,1-4H3,(H,30,33)(H,34,35). The van der Waals surface area contributed by atoms with Gasteiger partial charge >= 0.3 is 12.2 Å². The van der Waals surface area contributed by atoms with Crippen LogP contribution in [0.15, 0.2) is 80.4 Å². The van der Waals surface area contributed by atoms with E-state index < -0.39 is 39.2 Å². The van der Waals surface area contributed by atoms with Crippen molar-refractivity contribution in [2.45, 2.75) is 31.3 Å². The lowest BCUT2D eigenvalue weighted by Gasteiger charge is -2.17. The number of carbonyl (C=O) groups excluding carboxylic acids is 2. The van der Waals surface area contributed by atoms with Gasteiger partial charge in [-0.2, -0.15) is 0 Å². The largest absolute Gasteiger partial charge is 0.465 e. The van der Waals surface area contributed by atoms with Gasteiger partial charge in [0, 0.05) is 16.5 Å². The summed E-state index contributed by atoms with van der Waals surface area (Å²) in [7, 11) is -3.16. The van der Waals surface area contributed by atoms with Crippen LogP contribution in [0.4, 0.5) is 25.4 Å². The van der Waals surface area contributed by atoms with E-state index in [1.807, 2.05) is 0 Å². The van der Waals surface area contributed by atoms with Crippen molar-refractivity contribution in [1.29, 1.82) is 0 Å². The van der Waals surface area contributed by atoms with Gasteiger partial charge in [0.2, 0.25) is 0 Å². The molecule has 1 aromatic heterocycles. The number of amides is 3. The predicted octanol–water partition coefficient (Wildman–Crippen LogP) is 6.97. The molecule has 4 aromatic rings. The number of carboxylic acid groups (broad SMARTS) is 1. The Morgan fingerprint density at radius 2 is 1.60 bits per heavy atom. The van der Waals surface area contributed by atoms with E-state index in [9.17, 15) is 28.1 Å². The smallest absolute Gasteiger partial charge is 0.442 e. The van der Waals surface area contributed by atoms with Gasteiger partial charge in [-0.3, -0.25) is 10.1 Å². The Morgan fingerprint density at radius 3 is 2.25 bits per heavy atom. The van der Waals surface area contributed by atoms with Crippen molar-refractivity contribution in [2.24, 2.45) is 4.36 Å². The molecule has 1 heterocycles. The van der Waals surface area contributed by atoms with Crippen molar-refractivity contribution in [3.05, 3.63) is 78.3 Å². The summed E-state index contributed by atoms with van der Waals surface area (Å²) in [5, 5.41) is 14.5. The SMILES string of the molecule is CC(C)(C)OC(=O)N=S(C)(=O)c1ccc2oc(C(=O)Nc3cc(-c4ccc(F)cc4)ccc3NC(=O)O)cc2c1. The Labute approximate surface area is 229 Å². The third-order valence-electron chi connectivity index (χ3n) is 5.48. The molecule has 3 N–H and O–H groups in total. The zero-order valence-electron chi connectivity index (χ0n) is 22.0. The van der Waals surface area contributed by atoms with E-state index in [1.165, 1.54) is 48.7 Å². The first-order chi connectivity index (χ1) is 18.7. The van der Waals surface area contributed by atoms with Crippen LogP contribution in [0.5, 0.6) is 0 Å². The molecule has 0 fully saturated rings. The number of fused-ring (bicyclic) bond motifs is 1. The monoisotopic (exact) mass is 567 g/mol. The van der Waals surface area contributed by atoms with Gasteiger partial charge in [-0.25, -0.2) is 18.2 Å². The van der Waals surface area contributed by atoms with Crippen molar-refractivity contribution >= 4 is 50.2 Å². The van der Waals surface area contributed by atoms with E-state index in [2.05, 4.69) is 15.0 Å². The number of hydrogen-bond donors (Lipinski definition) is 3. The van der Waals surface area contributed by atoms with E-state index in [1.54, 1.807) is 45.0 Å². The molecule has 40 heavy (non-hydrogen) atoms. The summed E-state index contributed by atoms with van der Waals surface area (Å²) in [5.74, 6) is -1.20. The Bertz CT molecular complexity index is 1750. The molecule has 1 atom stereocenters. The van der Waals surface area contributed by atoms with Gasteiger partial charge in [-0.15, -0.1) is 4.36 Å². The fourth-order valence-electron chi connectivity index (χ4n) is 3.72. The van der Waals surface area contributed by atoms with Crippen LogP contribution in [0, 0.1) is 5.82 Å². The number of halogens is 1. The van der Waals surface area contributed by atoms with E-state index >= 15 is 0 Å². The molecular weight excluding hydrogens is 541 g/mol. The van der Waals surface area contributed by atoms with E-state index in [-0.39, 0.29) is 22.0 Å². The van der Waals surface area contributed by atoms with Crippen LogP contribution in [-0.4, -0.2) is 39.3 Å². The van der Waals surface area contributed by atoms with Crippen molar-refractivity contribution in [3.63, 3.8) is 0 Å². The Hall–Kier alpha value is -4.71. The Balaban J connectivity index is 1.64. The number of benzene rings is 3. The van der Waals surface area contributed by atoms with Gasteiger partial charge in [0.05, 0.1) is 21.1 Å². The quantitative estimate of drug-likeness (QED) is 0.236. The van der Waals surface area contributed by atoms with Gasteiger partial charge in [-0.05, 0) is 80.4 Å². The average Bonchev–Trinajstić information content (AvgIpc) is 3.27. The van der Waals surface area contributed by atoms with Gasteiger partial charge in [0.25, 0.3) is 5.91 Å². The number of rotatable bonds is 5. The van der Waals surface area contributed by atoms with Crippen molar-refractivity contribution in [3.8, 4) is 11.1 Å². The van der Waals surface area contributed by atoms with Gasteiger partial charge in [0.15, 0.2) is 5.76 Å². The van der Waals surface area contributed by atoms with E-state index in [0.29, 0.717) is 22.1 Å². The van der Waals surface area contributed by atoms with Crippen LogP contribution < -0.4 is 10.6 Å². The van der Waals surface area contributed by atoms with E-state index in [4.69, 9.17) is 9.15 Å². The maximum Gasteiger partial charge on any atom is 0.442 e. The van der Waals surface area contributed by atoms with Crippen LogP contribution in [0.25, 0.3) is 22.1 Å². The van der Waals surface area contributed by atoms with Crippen LogP contribution >= 0.6 is 0 Å². The molecule has 0 aliphatic rings. The number of nitrogens with one attached hydrogen (secondary N) is 2. The molecule has 0 radical (unpaired) electrons. The third kappa shape index (κ3) is 6.83. The van der Waals surface area contributed by atoms with Crippen molar-refractivity contribution in [1.82, 2.24) is 0 Å². The topological polar surface area (TPSA) is 147 Å². The summed E-state index contributed by atoms with van der Waals surface area (Å²) in [6, 6.07) is 16.2. The molecule has 0 saturated heterocycles. The highest BCUT2D eigenvalue weighted by molar-refractivity contribution is 7.93. The first kappa shape index (κ1) is 28.3. The Morgan fingerprint density at radius 1 is 0.925 bits per heavy atom. The molecule has 0 saturated carbocycles. The molecule has 4 rings (SSSR count). The summed E-state index contributed by atoms with van der Waals surface area (Å²) in [4.78, 5) is 36.7. The van der Waals surface area contributed by atoms with Crippen molar-refractivity contribution in [2.75, 3.05) is 16.9 Å². The molecule has 12 heteroatoms. The molecule has 3 aromatic carbocycles. The number of ether oxygens (including phenoxy) is 1. The third-order valence-corrected chi connectivity index (χ3v) is 7.10. The lowest BCUT2D eigenvalue weighted by molar-refractivity contribution is 0.0607. The molecule has 0 aliphatic carbocycles. The second-order valence-corrected chi connectivity index (χ2v) is 12.1. The number of nitrogens with zero attached hydrogens (tertiary/aromatic N) is 1. The summed E-state index contributed by atoms with van der Waals surface area (Å²) in [6.07, 6.45) is -0.987. The maximum absolute atomic E-state index is 13.4. The number of furan rings is 1. The van der Waals surface area contributed by atoms with Crippen molar-refractivity contribution < 1.29 is 37.2 Å². The zero-order valence-corrected chi connectivity index (χ0v) is 22.8. The van der Waals surface area contributed by atoms with Crippen LogP contribution in [0.1, 0.15) is 31.3 Å². The highest BCUT2D eigenvalue weighted by Crippen LogP contribution is 2.31. The molecule has 0 spiro atoms. The highest BCUT2D eigenvalue weighted by atomic mass is 32.2. The number of carbonyl (C=O) groups is 3. The molecular formula is C28H26FN3O7S. The highest BCUT2D eigenvalue weighted by Gasteiger charge is 2.20. The normalized spacial score (nSPS) is 12.8. The van der Waals surface area contributed by atoms with Crippen LogP contribution in [-0.2, 0) is 14.5 Å². The molecule has 0 bridgehead atoms. The number of anilines is 2. The fraction of sp³-hybridized carbons (Fsp3) is 0.179. The zero-order chi connectivity index (χ0) is 29.2. The predicted molar refractivity (Wildman–Crippen MR) is 149 cm³/mol. The molecule has 0 aliphatic heterocycles. The van der Waals surface area contributed by atoms with E-state index in [0.717, 1.165) is 0 Å². The summed E-state index contributed by atoms with van der Waals surface area (Å²) >= 11 is 0. The number of hydrogen-bond acceptors (Lipinski definition) is 6. The summed E-state index contributed by atoms with van der Waals surface area (Å²) in [6.45, 7) is 5.01. The minimum atomic E-state index is -3.16. The lowest BCUT2D eigenvalue weighted by atomic mass is 10.0. The average molecular weight is 568 g/mol. The first-order valence-electron chi connectivity index (χ1n) is 11.9. The minimum Gasteiger partial charge on any atom is -0.465 e. The second-order valence-electron chi connectivity index (χ2n) is 9.84. The molecule has 10 nitrogen and oxygen atoms in total. The van der Waals surface area contributed by atoms with Gasteiger partial charge in [-0.1, -0.05) is 18.2 Å². The molecule has 208 valence electrons. The summed E-state index contributed by atoms with van der Waals surface area (Å²) in [5.41, 5.74) is 1.01. The maximum atomic E-state index is 13.4. The first-order valence-corrected chi connectivity index (χ1v) is 13.8. The minimum absolute atomic E-state index is 0.104. The van der Waals surface area contributed by atoms with Gasteiger partial charge in [0.1, 0.15) is 17.0 Å². The van der Waals surface area contributed by atoms with Gasteiger partial charge < -0.3 is 19.6 Å². The summed E-state index contributed by atoms with van der Waals surface area (Å²) < 4.78 is 41.0. The van der Waals surface area contributed by atoms with Crippen LogP contribution in [0.2, 0.25) is 0 Å². The fourth-order valence-corrected chi connectivity index (χ4v) is 4.82. The molecule has 1 unspecified atom stereocenters. The molecule has 3 amide bonds.